The average molecular weight is 407 g/mol. The van der Waals surface area contributed by atoms with E-state index in [9.17, 15) is 14.9 Å². The van der Waals surface area contributed by atoms with Crippen molar-refractivity contribution < 1.29 is 19.2 Å². The summed E-state index contributed by atoms with van der Waals surface area (Å²) in [5.41, 5.74) is -0.410. The molecule has 4 heterocycles. The van der Waals surface area contributed by atoms with Gasteiger partial charge in [-0.1, -0.05) is 0 Å². The number of amides is 1. The summed E-state index contributed by atoms with van der Waals surface area (Å²) in [6, 6.07) is -0.0157. The van der Waals surface area contributed by atoms with Gasteiger partial charge in [0.1, 0.15) is 18.7 Å². The summed E-state index contributed by atoms with van der Waals surface area (Å²) in [7, 11) is 0. The fourth-order valence-electron chi connectivity index (χ4n) is 4.35. The van der Waals surface area contributed by atoms with Crippen LogP contribution in [0.1, 0.15) is 68.1 Å². The first-order valence-corrected chi connectivity index (χ1v) is 10.6. The van der Waals surface area contributed by atoms with E-state index in [2.05, 4.69) is 15.3 Å². The van der Waals surface area contributed by atoms with E-state index in [1.807, 2.05) is 0 Å². The first-order valence-electron chi connectivity index (χ1n) is 10.6. The van der Waals surface area contributed by atoms with E-state index >= 15 is 0 Å². The van der Waals surface area contributed by atoms with Crippen molar-refractivity contribution in [1.82, 2.24) is 20.0 Å². The lowest BCUT2D eigenvalue weighted by molar-refractivity contribution is -0.385. The van der Waals surface area contributed by atoms with E-state index < -0.39 is 10.8 Å². The summed E-state index contributed by atoms with van der Waals surface area (Å²) in [5, 5.41) is 18.6. The highest BCUT2D eigenvalue weighted by Gasteiger charge is 2.32. The summed E-state index contributed by atoms with van der Waals surface area (Å²) < 4.78 is 12.9. The van der Waals surface area contributed by atoms with Gasteiger partial charge in [0.2, 0.25) is 5.69 Å². The zero-order valence-electron chi connectivity index (χ0n) is 16.6. The third kappa shape index (κ3) is 4.76. The molecular weight excluding hydrogens is 378 g/mol. The Morgan fingerprint density at radius 1 is 1.07 bits per heavy atom. The number of hydrogen-bond donors (Lipinski definition) is 1. The molecule has 1 N–H and O–H groups in total. The molecule has 0 unspecified atom stereocenters. The second-order valence-electron chi connectivity index (χ2n) is 8.03. The van der Waals surface area contributed by atoms with Gasteiger partial charge in [0, 0.05) is 32.3 Å². The molecule has 3 fully saturated rings. The van der Waals surface area contributed by atoms with Crippen LogP contribution in [-0.4, -0.2) is 64.1 Å². The zero-order chi connectivity index (χ0) is 20.2. The number of hydrogen-bond acceptors (Lipinski definition) is 7. The van der Waals surface area contributed by atoms with Gasteiger partial charge in [0.15, 0.2) is 0 Å². The molecule has 0 bridgehead atoms. The van der Waals surface area contributed by atoms with Crippen molar-refractivity contribution in [1.29, 1.82) is 0 Å². The lowest BCUT2D eigenvalue weighted by Gasteiger charge is -2.39. The van der Waals surface area contributed by atoms with E-state index in [0.29, 0.717) is 6.61 Å². The fraction of sp³-hybridized carbons (Fsp3) is 0.789. The molecule has 3 aliphatic rings. The van der Waals surface area contributed by atoms with Crippen LogP contribution in [0.5, 0.6) is 0 Å². The summed E-state index contributed by atoms with van der Waals surface area (Å²) in [6.07, 6.45) is 8.81. The van der Waals surface area contributed by atoms with Crippen molar-refractivity contribution in [3.63, 3.8) is 0 Å². The van der Waals surface area contributed by atoms with Crippen molar-refractivity contribution in [2.45, 2.75) is 69.9 Å². The Bertz CT molecular complexity index is 719. The molecule has 1 aromatic heterocycles. The van der Waals surface area contributed by atoms with Crippen LogP contribution in [0.15, 0.2) is 6.20 Å². The molecule has 160 valence electrons. The van der Waals surface area contributed by atoms with Crippen molar-refractivity contribution in [2.75, 3.05) is 26.3 Å². The molecule has 4 rings (SSSR count). The number of carbonyl (C=O) groups is 1. The largest absolute Gasteiger partial charge is 0.363 e. The number of nitro groups is 1. The van der Waals surface area contributed by atoms with E-state index in [4.69, 9.17) is 9.47 Å². The van der Waals surface area contributed by atoms with Gasteiger partial charge in [-0.05, 0) is 51.4 Å². The molecule has 0 aromatic carbocycles. The number of ether oxygens (including phenoxy) is 2. The minimum absolute atomic E-state index is 0.0157. The number of carbonyl (C=O) groups excluding carboxylic acids is 1. The topological polar surface area (TPSA) is 112 Å². The zero-order valence-corrected chi connectivity index (χ0v) is 16.6. The van der Waals surface area contributed by atoms with Gasteiger partial charge in [0.25, 0.3) is 5.91 Å². The lowest BCUT2D eigenvalue weighted by atomic mass is 10.0. The summed E-state index contributed by atoms with van der Waals surface area (Å²) >= 11 is 0. The number of nitrogens with zero attached hydrogens (tertiary/aromatic N) is 4. The summed E-state index contributed by atoms with van der Waals surface area (Å²) in [6.45, 7) is 3.12. The van der Waals surface area contributed by atoms with Gasteiger partial charge in [-0.2, -0.15) is 5.10 Å². The SMILES string of the molecule is O=C(NC1CCN([C@H]2CCCCO2)CC1)c1nn([C@H]2CCCCO2)cc1[N+](=O)[O-]. The van der Waals surface area contributed by atoms with Gasteiger partial charge in [-0.15, -0.1) is 0 Å². The number of likely N-dealkylation sites (tertiary alicyclic amines) is 1. The lowest BCUT2D eigenvalue weighted by Crippen LogP contribution is -2.49. The molecule has 3 saturated heterocycles. The Balaban J connectivity index is 1.36. The number of rotatable bonds is 5. The van der Waals surface area contributed by atoms with Crippen molar-refractivity contribution in [3.8, 4) is 0 Å². The molecule has 0 saturated carbocycles. The number of aromatic nitrogens is 2. The highest BCUT2D eigenvalue weighted by atomic mass is 16.6. The second kappa shape index (κ2) is 9.19. The minimum atomic E-state index is -0.551. The van der Waals surface area contributed by atoms with Gasteiger partial charge in [0.05, 0.1) is 4.92 Å². The van der Waals surface area contributed by atoms with Crippen LogP contribution in [0.25, 0.3) is 0 Å². The van der Waals surface area contributed by atoms with E-state index in [0.717, 1.165) is 64.6 Å². The van der Waals surface area contributed by atoms with E-state index in [-0.39, 0.29) is 29.9 Å². The third-order valence-corrected chi connectivity index (χ3v) is 6.00. The van der Waals surface area contributed by atoms with Crippen molar-refractivity contribution >= 4 is 11.6 Å². The van der Waals surface area contributed by atoms with Crippen molar-refractivity contribution in [2.24, 2.45) is 0 Å². The van der Waals surface area contributed by atoms with Crippen LogP contribution < -0.4 is 5.32 Å². The Morgan fingerprint density at radius 3 is 2.31 bits per heavy atom. The number of piperidine rings is 1. The first kappa shape index (κ1) is 20.2. The highest BCUT2D eigenvalue weighted by molar-refractivity contribution is 5.96. The van der Waals surface area contributed by atoms with Crippen LogP contribution in [0.4, 0.5) is 5.69 Å². The molecule has 10 nitrogen and oxygen atoms in total. The van der Waals surface area contributed by atoms with Crippen molar-refractivity contribution in [3.05, 3.63) is 22.0 Å². The van der Waals surface area contributed by atoms with Gasteiger partial charge in [-0.3, -0.25) is 19.8 Å². The Hall–Kier alpha value is -2.04. The molecule has 1 aromatic rings. The molecule has 2 atom stereocenters. The van der Waals surface area contributed by atoms with E-state index in [1.165, 1.54) is 17.3 Å². The number of nitrogens with one attached hydrogen (secondary N) is 1. The van der Waals surface area contributed by atoms with Crippen LogP contribution in [0.3, 0.4) is 0 Å². The van der Waals surface area contributed by atoms with Crippen LogP contribution in [0.2, 0.25) is 0 Å². The molecule has 1 amide bonds. The Kier molecular flexibility index (Phi) is 6.41. The molecular formula is C19H29N5O5. The maximum Gasteiger partial charge on any atom is 0.320 e. The Labute approximate surface area is 169 Å². The highest BCUT2D eigenvalue weighted by Crippen LogP contribution is 2.26. The minimum Gasteiger partial charge on any atom is -0.363 e. The molecule has 29 heavy (non-hydrogen) atoms. The predicted molar refractivity (Wildman–Crippen MR) is 103 cm³/mol. The van der Waals surface area contributed by atoms with Crippen LogP contribution >= 0.6 is 0 Å². The molecule has 0 aliphatic carbocycles. The quantitative estimate of drug-likeness (QED) is 0.588. The molecule has 0 radical (unpaired) electrons. The van der Waals surface area contributed by atoms with Gasteiger partial charge < -0.3 is 14.8 Å². The normalized spacial score (nSPS) is 26.9. The first-order chi connectivity index (χ1) is 14.1. The monoisotopic (exact) mass is 407 g/mol. The standard InChI is InChI=1S/C19H29N5O5/c25-19(20-14-7-9-22(10-8-14)16-5-1-3-11-28-16)18-15(24(26)27)13-23(21-18)17-6-2-4-12-29-17/h13-14,16-17H,1-12H2,(H,20,25)/t16-,17-/m1/s1. The summed E-state index contributed by atoms with van der Waals surface area (Å²) in [5.74, 6) is -0.487. The maximum absolute atomic E-state index is 12.7. The molecule has 10 heteroatoms. The maximum atomic E-state index is 12.7. The van der Waals surface area contributed by atoms with Crippen LogP contribution in [0, 0.1) is 10.1 Å². The van der Waals surface area contributed by atoms with Gasteiger partial charge >= 0.3 is 5.69 Å². The smallest absolute Gasteiger partial charge is 0.320 e. The molecule has 0 spiro atoms. The predicted octanol–water partition coefficient (Wildman–Crippen LogP) is 2.21. The second-order valence-corrected chi connectivity index (χ2v) is 8.03. The van der Waals surface area contributed by atoms with E-state index in [1.54, 1.807) is 0 Å². The summed E-state index contributed by atoms with van der Waals surface area (Å²) in [4.78, 5) is 26.0. The fourth-order valence-corrected chi connectivity index (χ4v) is 4.35. The average Bonchev–Trinajstić information content (AvgIpc) is 3.22. The molecule has 3 aliphatic heterocycles. The Morgan fingerprint density at radius 2 is 1.72 bits per heavy atom. The van der Waals surface area contributed by atoms with Gasteiger partial charge in [-0.25, -0.2) is 4.68 Å². The van der Waals surface area contributed by atoms with Crippen LogP contribution in [-0.2, 0) is 9.47 Å². The third-order valence-electron chi connectivity index (χ3n) is 6.00.